The Labute approximate surface area is 200 Å². The molecule has 188 valence electrons. The van der Waals surface area contributed by atoms with Crippen LogP contribution in [0.3, 0.4) is 0 Å². The minimum atomic E-state index is -4.48. The molecule has 1 N–H and O–H groups in total. The second kappa shape index (κ2) is 7.87. The van der Waals surface area contributed by atoms with Crippen LogP contribution in [-0.2, 0) is 18.2 Å². The molecule has 4 fully saturated rings. The maximum Gasteiger partial charge on any atom is 0.435 e. The van der Waals surface area contributed by atoms with E-state index in [1.54, 1.807) is 6.33 Å². The van der Waals surface area contributed by atoms with Crippen molar-refractivity contribution in [1.29, 1.82) is 0 Å². The van der Waals surface area contributed by atoms with Crippen molar-refractivity contribution in [1.82, 2.24) is 34.8 Å². The van der Waals surface area contributed by atoms with Crippen molar-refractivity contribution in [3.63, 3.8) is 0 Å². The van der Waals surface area contributed by atoms with Gasteiger partial charge in [0.25, 0.3) is 0 Å². The largest absolute Gasteiger partial charge is 0.435 e. The Morgan fingerprint density at radius 1 is 1.09 bits per heavy atom. The average Bonchev–Trinajstić information content (AvgIpc) is 3.32. The van der Waals surface area contributed by atoms with E-state index in [1.165, 1.54) is 6.07 Å². The van der Waals surface area contributed by atoms with E-state index in [0.29, 0.717) is 31.0 Å². The highest BCUT2D eigenvalue weighted by Crippen LogP contribution is 2.54. The van der Waals surface area contributed by atoms with Gasteiger partial charge in [-0.05, 0) is 63.0 Å². The first-order valence-corrected chi connectivity index (χ1v) is 12.2. The molecule has 2 saturated carbocycles. The number of urea groups is 1. The van der Waals surface area contributed by atoms with Crippen LogP contribution in [0, 0.1) is 11.3 Å². The molecule has 9 nitrogen and oxygen atoms in total. The number of aliphatic hydroxyl groups is 1. The van der Waals surface area contributed by atoms with Crippen LogP contribution in [0.25, 0.3) is 0 Å². The van der Waals surface area contributed by atoms with Crippen molar-refractivity contribution < 1.29 is 23.1 Å². The van der Waals surface area contributed by atoms with Gasteiger partial charge >= 0.3 is 12.2 Å². The lowest BCUT2D eigenvalue weighted by Gasteiger charge is -2.59. The van der Waals surface area contributed by atoms with Gasteiger partial charge in [0.2, 0.25) is 0 Å². The topological polar surface area (TPSA) is 100 Å². The molecule has 2 amide bonds. The molecule has 2 saturated heterocycles. The third-order valence-corrected chi connectivity index (χ3v) is 8.08. The Kier molecular flexibility index (Phi) is 5.10. The summed E-state index contributed by atoms with van der Waals surface area (Å²) in [6.45, 7) is 2.81. The molecule has 2 aromatic heterocycles. The Balaban J connectivity index is 0.940. The van der Waals surface area contributed by atoms with E-state index in [-0.39, 0.29) is 23.4 Å². The fraction of sp³-hybridized carbons (Fsp3) is 0.696. The number of alkyl halides is 3. The normalized spacial score (nSPS) is 23.8. The number of piperidine rings is 1. The summed E-state index contributed by atoms with van der Waals surface area (Å²) in [5, 5.41) is 21.7. The zero-order valence-electron chi connectivity index (χ0n) is 19.3. The van der Waals surface area contributed by atoms with Crippen LogP contribution < -0.4 is 0 Å². The highest BCUT2D eigenvalue weighted by atomic mass is 19.4. The number of carbonyl (C=O) groups is 1. The number of likely N-dealkylation sites (tertiary alicyclic amines) is 2. The van der Waals surface area contributed by atoms with Gasteiger partial charge < -0.3 is 14.9 Å². The summed E-state index contributed by atoms with van der Waals surface area (Å²) in [6.07, 6.45) is 2.79. The van der Waals surface area contributed by atoms with Gasteiger partial charge in [-0.3, -0.25) is 0 Å². The molecule has 12 heteroatoms. The maximum absolute atomic E-state index is 12.9. The first kappa shape index (κ1) is 22.7. The van der Waals surface area contributed by atoms with E-state index in [1.807, 2.05) is 14.5 Å². The molecule has 4 aliphatic rings. The van der Waals surface area contributed by atoms with Crippen LogP contribution in [0.1, 0.15) is 61.8 Å². The van der Waals surface area contributed by atoms with Gasteiger partial charge in [-0.1, -0.05) is 0 Å². The number of aromatic nitrogens is 5. The van der Waals surface area contributed by atoms with E-state index in [2.05, 4.69) is 20.3 Å². The zero-order chi connectivity index (χ0) is 24.4. The second-order valence-electron chi connectivity index (χ2n) is 10.8. The first-order valence-electron chi connectivity index (χ1n) is 12.2. The summed E-state index contributed by atoms with van der Waals surface area (Å²) in [5.41, 5.74) is -1.07. The van der Waals surface area contributed by atoms with Gasteiger partial charge in [0, 0.05) is 31.6 Å². The standard InChI is InChI=1S/C23H28F3N7O2/c24-23(25,26)18-2-1-16(28-29-18)9-15-3-7-31(8-4-15)20(34)32-12-21(13-32)10-17(11-21)33-14-27-19(30-33)22(35)5-6-22/h1-2,14-15,17,35H,3-13H2. The van der Waals surface area contributed by atoms with Crippen LogP contribution in [0.15, 0.2) is 18.5 Å². The summed E-state index contributed by atoms with van der Waals surface area (Å²) in [4.78, 5) is 21.0. The molecule has 6 rings (SSSR count). The minimum Gasteiger partial charge on any atom is -0.382 e. The van der Waals surface area contributed by atoms with Crippen molar-refractivity contribution in [2.24, 2.45) is 11.3 Å². The van der Waals surface area contributed by atoms with Gasteiger partial charge in [0.05, 0.1) is 11.7 Å². The lowest BCUT2D eigenvalue weighted by Crippen LogP contribution is -2.66. The quantitative estimate of drug-likeness (QED) is 0.706. The summed E-state index contributed by atoms with van der Waals surface area (Å²) >= 11 is 0. The molecule has 0 atom stereocenters. The number of carbonyl (C=O) groups excluding carboxylic acids is 1. The van der Waals surface area contributed by atoms with Gasteiger partial charge in [0.1, 0.15) is 11.9 Å². The van der Waals surface area contributed by atoms with Crippen LogP contribution in [0.2, 0.25) is 0 Å². The fourth-order valence-corrected chi connectivity index (χ4v) is 5.73. The molecule has 2 aromatic rings. The van der Waals surface area contributed by atoms with E-state index in [9.17, 15) is 23.1 Å². The molecule has 0 radical (unpaired) electrons. The second-order valence-corrected chi connectivity index (χ2v) is 10.8. The van der Waals surface area contributed by atoms with E-state index < -0.39 is 17.5 Å². The Bertz CT molecular complexity index is 1090. The summed E-state index contributed by atoms with van der Waals surface area (Å²) in [5.74, 6) is 0.805. The van der Waals surface area contributed by atoms with E-state index in [0.717, 1.165) is 57.7 Å². The molecule has 0 aromatic carbocycles. The van der Waals surface area contributed by atoms with Crippen LogP contribution in [-0.4, -0.2) is 72.1 Å². The number of rotatable bonds is 4. The smallest absolute Gasteiger partial charge is 0.382 e. The predicted octanol–water partition coefficient (Wildman–Crippen LogP) is 2.78. The monoisotopic (exact) mass is 491 g/mol. The Morgan fingerprint density at radius 3 is 2.40 bits per heavy atom. The predicted molar refractivity (Wildman–Crippen MR) is 116 cm³/mol. The maximum atomic E-state index is 12.9. The van der Waals surface area contributed by atoms with Crippen molar-refractivity contribution in [2.75, 3.05) is 26.2 Å². The molecule has 2 aliphatic heterocycles. The van der Waals surface area contributed by atoms with Crippen LogP contribution >= 0.6 is 0 Å². The number of amides is 2. The first-order chi connectivity index (χ1) is 16.6. The average molecular weight is 492 g/mol. The molecule has 1 spiro atoms. The minimum absolute atomic E-state index is 0.0749. The molecule has 0 bridgehead atoms. The number of halogens is 3. The Morgan fingerprint density at radius 2 is 1.80 bits per heavy atom. The summed E-state index contributed by atoms with van der Waals surface area (Å²) < 4.78 is 39.8. The summed E-state index contributed by atoms with van der Waals surface area (Å²) in [7, 11) is 0. The lowest BCUT2D eigenvalue weighted by molar-refractivity contribution is -0.141. The molecular formula is C23H28F3N7O2. The zero-order valence-corrected chi connectivity index (χ0v) is 19.3. The lowest BCUT2D eigenvalue weighted by atomic mass is 9.61. The fourth-order valence-electron chi connectivity index (χ4n) is 5.73. The summed E-state index contributed by atoms with van der Waals surface area (Å²) in [6, 6.07) is 2.72. The molecular weight excluding hydrogens is 463 g/mol. The molecule has 2 aliphatic carbocycles. The molecule has 35 heavy (non-hydrogen) atoms. The number of nitrogens with zero attached hydrogens (tertiary/aromatic N) is 7. The number of hydrogen-bond acceptors (Lipinski definition) is 6. The third-order valence-electron chi connectivity index (χ3n) is 8.08. The van der Waals surface area contributed by atoms with Gasteiger partial charge in [-0.15, -0.1) is 5.10 Å². The van der Waals surface area contributed by atoms with Crippen molar-refractivity contribution in [3.8, 4) is 0 Å². The van der Waals surface area contributed by atoms with Gasteiger partial charge in [-0.2, -0.15) is 23.4 Å². The van der Waals surface area contributed by atoms with Crippen molar-refractivity contribution in [2.45, 2.75) is 62.8 Å². The third kappa shape index (κ3) is 4.25. The Hall–Kier alpha value is -2.76. The highest BCUT2D eigenvalue weighted by molar-refractivity contribution is 5.75. The number of hydrogen-bond donors (Lipinski definition) is 1. The van der Waals surface area contributed by atoms with Crippen molar-refractivity contribution in [3.05, 3.63) is 35.7 Å². The van der Waals surface area contributed by atoms with Crippen LogP contribution in [0.4, 0.5) is 18.0 Å². The van der Waals surface area contributed by atoms with Gasteiger partial charge in [-0.25, -0.2) is 14.5 Å². The van der Waals surface area contributed by atoms with E-state index >= 15 is 0 Å². The van der Waals surface area contributed by atoms with E-state index in [4.69, 9.17) is 0 Å². The highest BCUT2D eigenvalue weighted by Gasteiger charge is 2.55. The van der Waals surface area contributed by atoms with Crippen LogP contribution in [0.5, 0.6) is 0 Å². The molecule has 4 heterocycles. The van der Waals surface area contributed by atoms with Gasteiger partial charge in [0.15, 0.2) is 11.5 Å². The SMILES string of the molecule is O=C(N1CCC(Cc2ccc(C(F)(F)F)nn2)CC1)N1CC2(CC(n3cnc(C4(O)CC4)n3)C2)C1. The van der Waals surface area contributed by atoms with Crippen molar-refractivity contribution >= 4 is 6.03 Å². The molecule has 0 unspecified atom stereocenters.